The number of thiophene rings is 1. The van der Waals surface area contributed by atoms with Gasteiger partial charge in [-0.1, -0.05) is 36.4 Å². The van der Waals surface area contributed by atoms with Gasteiger partial charge in [-0.15, -0.1) is 11.3 Å². The zero-order valence-corrected chi connectivity index (χ0v) is 20.3. The summed E-state index contributed by atoms with van der Waals surface area (Å²) in [7, 11) is 0. The molecule has 5 heterocycles. The summed E-state index contributed by atoms with van der Waals surface area (Å²) in [6.07, 6.45) is 8.66. The van der Waals surface area contributed by atoms with Gasteiger partial charge in [0.2, 0.25) is 0 Å². The number of aromatic amines is 2. The van der Waals surface area contributed by atoms with Crippen LogP contribution in [0.4, 0.5) is 0 Å². The molecule has 0 spiro atoms. The Morgan fingerprint density at radius 3 is 2.00 bits per heavy atom. The number of benzene rings is 2. The highest BCUT2D eigenvalue weighted by molar-refractivity contribution is 7.17. The molecule has 0 bridgehead atoms. The van der Waals surface area contributed by atoms with E-state index in [1.807, 2.05) is 12.4 Å². The van der Waals surface area contributed by atoms with E-state index in [1.54, 1.807) is 11.3 Å². The third-order valence-electron chi connectivity index (χ3n) is 7.39. The molecule has 2 fully saturated rings. The van der Waals surface area contributed by atoms with E-state index >= 15 is 0 Å². The summed E-state index contributed by atoms with van der Waals surface area (Å²) in [5, 5.41) is 10.5. The quantitative estimate of drug-likeness (QED) is 0.241. The third-order valence-corrected chi connectivity index (χ3v) is 8.33. The van der Waals surface area contributed by atoms with Gasteiger partial charge in [0, 0.05) is 15.6 Å². The summed E-state index contributed by atoms with van der Waals surface area (Å²) < 4.78 is 1.29. The highest BCUT2D eigenvalue weighted by Gasteiger charge is 2.21. The summed E-state index contributed by atoms with van der Waals surface area (Å²) >= 11 is 1.79. The van der Waals surface area contributed by atoms with Crippen LogP contribution in [-0.2, 0) is 0 Å². The molecule has 7 heteroatoms. The van der Waals surface area contributed by atoms with Crippen molar-refractivity contribution in [2.24, 2.45) is 0 Å². The summed E-state index contributed by atoms with van der Waals surface area (Å²) in [4.78, 5) is 16.4. The predicted molar refractivity (Wildman–Crippen MR) is 142 cm³/mol. The van der Waals surface area contributed by atoms with Gasteiger partial charge in [0.05, 0.1) is 35.9 Å². The third kappa shape index (κ3) is 3.80. The number of nitrogens with one attached hydrogen (secondary N) is 4. The maximum absolute atomic E-state index is 4.69. The fourth-order valence-corrected chi connectivity index (χ4v) is 6.45. The van der Waals surface area contributed by atoms with Gasteiger partial charge >= 0.3 is 0 Å². The van der Waals surface area contributed by atoms with Crippen molar-refractivity contribution in [3.8, 4) is 33.6 Å². The molecule has 6 nitrogen and oxygen atoms in total. The van der Waals surface area contributed by atoms with E-state index in [-0.39, 0.29) is 0 Å². The van der Waals surface area contributed by atoms with Crippen LogP contribution in [0.1, 0.15) is 49.4 Å². The molecule has 2 atom stereocenters. The molecule has 0 amide bonds. The van der Waals surface area contributed by atoms with Gasteiger partial charge in [-0.2, -0.15) is 0 Å². The highest BCUT2D eigenvalue weighted by Crippen LogP contribution is 2.39. The molecule has 35 heavy (non-hydrogen) atoms. The molecular formula is C28H28N6S. The largest absolute Gasteiger partial charge is 0.341 e. The minimum absolute atomic E-state index is 0.348. The molecule has 4 N–H and O–H groups in total. The monoisotopic (exact) mass is 480 g/mol. The molecule has 2 saturated heterocycles. The van der Waals surface area contributed by atoms with E-state index in [9.17, 15) is 0 Å². The Bertz CT molecular complexity index is 1460. The van der Waals surface area contributed by atoms with Crippen LogP contribution >= 0.6 is 11.3 Å². The summed E-state index contributed by atoms with van der Waals surface area (Å²) in [5.41, 5.74) is 7.03. The Balaban J connectivity index is 1.18. The van der Waals surface area contributed by atoms with E-state index in [0.717, 1.165) is 54.5 Å². The van der Waals surface area contributed by atoms with E-state index in [4.69, 9.17) is 0 Å². The van der Waals surface area contributed by atoms with Crippen LogP contribution in [0.5, 0.6) is 0 Å². The van der Waals surface area contributed by atoms with Crippen LogP contribution < -0.4 is 10.6 Å². The van der Waals surface area contributed by atoms with Gasteiger partial charge in [0.25, 0.3) is 0 Å². The zero-order chi connectivity index (χ0) is 23.2. The molecule has 3 aromatic heterocycles. The Kier molecular flexibility index (Phi) is 5.26. The van der Waals surface area contributed by atoms with Crippen molar-refractivity contribution in [2.45, 2.75) is 37.8 Å². The van der Waals surface area contributed by atoms with E-state index in [1.165, 1.54) is 39.6 Å². The first-order valence-electron chi connectivity index (χ1n) is 12.5. The van der Waals surface area contributed by atoms with Gasteiger partial charge in [-0.25, -0.2) is 9.97 Å². The van der Waals surface area contributed by atoms with Crippen molar-refractivity contribution in [3.05, 3.63) is 71.9 Å². The lowest BCUT2D eigenvalue weighted by Gasteiger charge is -2.09. The van der Waals surface area contributed by atoms with Crippen LogP contribution in [-0.4, -0.2) is 33.0 Å². The molecule has 0 radical (unpaired) electrons. The van der Waals surface area contributed by atoms with E-state index in [2.05, 4.69) is 78.4 Å². The number of fused-ring (bicyclic) bond motifs is 1. The van der Waals surface area contributed by atoms with Crippen molar-refractivity contribution < 1.29 is 0 Å². The predicted octanol–water partition coefficient (Wildman–Crippen LogP) is 6.20. The number of nitrogens with zero attached hydrogens (tertiary/aromatic N) is 2. The van der Waals surface area contributed by atoms with E-state index < -0.39 is 0 Å². The standard InChI is InChI=1S/C28H28N6S/c1-3-22(29-12-1)27-31-15-24(33-27)18-7-5-17(6-8-18)19-9-10-21(26-20(19)11-14-35-26)25-16-32-28(34-25)23-4-2-13-30-23/h5-11,14-16,22-23,29-30H,1-4,12-13H2,(H,31,33)(H,32,34). The summed E-state index contributed by atoms with van der Waals surface area (Å²) in [5.74, 6) is 2.09. The molecule has 0 aliphatic carbocycles. The fraction of sp³-hybridized carbons (Fsp3) is 0.286. The molecule has 7 rings (SSSR count). The van der Waals surface area contributed by atoms with Crippen molar-refractivity contribution in [1.82, 2.24) is 30.6 Å². The number of imidazole rings is 2. The molecule has 2 unspecified atom stereocenters. The van der Waals surface area contributed by atoms with Crippen LogP contribution in [0, 0.1) is 0 Å². The second-order valence-electron chi connectivity index (χ2n) is 9.56. The van der Waals surface area contributed by atoms with Crippen LogP contribution in [0.15, 0.2) is 60.2 Å². The molecule has 2 aliphatic heterocycles. The van der Waals surface area contributed by atoms with Crippen LogP contribution in [0.25, 0.3) is 43.7 Å². The SMILES string of the molecule is c1cc2c(-c3ccc(-c4cnc(C5CCCN5)[nH]4)cc3)ccc(-c3cnc(C4CCCN4)[nH]3)c2s1. The van der Waals surface area contributed by atoms with Crippen molar-refractivity contribution in [2.75, 3.05) is 13.1 Å². The van der Waals surface area contributed by atoms with Crippen molar-refractivity contribution in [3.63, 3.8) is 0 Å². The second-order valence-corrected chi connectivity index (χ2v) is 10.5. The van der Waals surface area contributed by atoms with Gasteiger partial charge in [-0.3, -0.25) is 0 Å². The lowest BCUT2D eigenvalue weighted by atomic mass is 9.97. The Morgan fingerprint density at radius 1 is 0.686 bits per heavy atom. The zero-order valence-electron chi connectivity index (χ0n) is 19.5. The van der Waals surface area contributed by atoms with Crippen molar-refractivity contribution in [1.29, 1.82) is 0 Å². The smallest absolute Gasteiger partial charge is 0.123 e. The highest BCUT2D eigenvalue weighted by atomic mass is 32.1. The van der Waals surface area contributed by atoms with Gasteiger partial charge in [-0.05, 0) is 66.9 Å². The average Bonchev–Trinajstić information content (AvgIpc) is 3.72. The van der Waals surface area contributed by atoms with Gasteiger partial charge in [0.15, 0.2) is 0 Å². The first-order valence-corrected chi connectivity index (χ1v) is 13.4. The van der Waals surface area contributed by atoms with Crippen molar-refractivity contribution >= 4 is 21.4 Å². The number of hydrogen-bond donors (Lipinski definition) is 4. The fourth-order valence-electron chi connectivity index (χ4n) is 5.50. The van der Waals surface area contributed by atoms with Gasteiger partial charge in [0.1, 0.15) is 11.6 Å². The lowest BCUT2D eigenvalue weighted by Crippen LogP contribution is -2.14. The molecule has 5 aromatic rings. The number of H-pyrrole nitrogens is 2. The molecular weight excluding hydrogens is 452 g/mol. The maximum Gasteiger partial charge on any atom is 0.123 e. The lowest BCUT2D eigenvalue weighted by molar-refractivity contribution is 0.613. The topological polar surface area (TPSA) is 81.4 Å². The van der Waals surface area contributed by atoms with E-state index in [0.29, 0.717) is 12.1 Å². The number of rotatable bonds is 5. The average molecular weight is 481 g/mol. The normalized spacial score (nSPS) is 20.2. The number of hydrogen-bond acceptors (Lipinski definition) is 5. The molecule has 2 aromatic carbocycles. The first kappa shape index (κ1) is 21.1. The van der Waals surface area contributed by atoms with Crippen LogP contribution in [0.3, 0.4) is 0 Å². The molecule has 2 aliphatic rings. The number of aromatic nitrogens is 4. The Morgan fingerprint density at radius 2 is 1.31 bits per heavy atom. The van der Waals surface area contributed by atoms with Crippen LogP contribution in [0.2, 0.25) is 0 Å². The minimum Gasteiger partial charge on any atom is -0.341 e. The Labute approximate surface area is 208 Å². The molecule has 176 valence electrons. The van der Waals surface area contributed by atoms with Gasteiger partial charge < -0.3 is 20.6 Å². The maximum atomic E-state index is 4.69. The summed E-state index contributed by atoms with van der Waals surface area (Å²) in [6, 6.07) is 16.2. The second kappa shape index (κ2) is 8.75. The minimum atomic E-state index is 0.348. The first-order chi connectivity index (χ1) is 17.3. The Hall–Kier alpha value is -3.26. The molecule has 0 saturated carbocycles. The summed E-state index contributed by atoms with van der Waals surface area (Å²) in [6.45, 7) is 2.15.